The molecule has 0 aliphatic carbocycles. The SMILES string of the molecule is CC(C)c1cc(Cl)c2onc(C(=O)O)c2n1. The highest BCUT2D eigenvalue weighted by Gasteiger charge is 2.20. The van der Waals surface area contributed by atoms with Crippen molar-refractivity contribution in [3.05, 3.63) is 22.5 Å². The maximum absolute atomic E-state index is 10.9. The van der Waals surface area contributed by atoms with Gasteiger partial charge in [0.2, 0.25) is 11.3 Å². The van der Waals surface area contributed by atoms with Crippen LogP contribution >= 0.6 is 11.6 Å². The number of carboxylic acid groups (broad SMARTS) is 1. The van der Waals surface area contributed by atoms with Crippen molar-refractivity contribution in [1.29, 1.82) is 0 Å². The van der Waals surface area contributed by atoms with Crippen LogP contribution in [0.5, 0.6) is 0 Å². The molecule has 0 bridgehead atoms. The molecule has 0 radical (unpaired) electrons. The second kappa shape index (κ2) is 3.75. The number of halogens is 1. The van der Waals surface area contributed by atoms with Crippen molar-refractivity contribution >= 4 is 28.7 Å². The van der Waals surface area contributed by atoms with Gasteiger partial charge in [0.15, 0.2) is 0 Å². The van der Waals surface area contributed by atoms with Crippen molar-refractivity contribution in [3.8, 4) is 0 Å². The van der Waals surface area contributed by atoms with Crippen LogP contribution in [-0.4, -0.2) is 21.2 Å². The number of fused-ring (bicyclic) bond motifs is 1. The second-order valence-corrected chi connectivity index (χ2v) is 4.10. The van der Waals surface area contributed by atoms with Gasteiger partial charge in [0.25, 0.3) is 0 Å². The van der Waals surface area contributed by atoms with Gasteiger partial charge in [-0.05, 0) is 12.0 Å². The van der Waals surface area contributed by atoms with E-state index in [1.165, 1.54) is 0 Å². The van der Waals surface area contributed by atoms with E-state index in [0.717, 1.165) is 0 Å². The number of aromatic carboxylic acids is 1. The smallest absolute Gasteiger partial charge is 0.360 e. The van der Waals surface area contributed by atoms with Crippen LogP contribution in [0, 0.1) is 0 Å². The molecule has 6 heteroatoms. The molecule has 84 valence electrons. The van der Waals surface area contributed by atoms with Crippen molar-refractivity contribution in [1.82, 2.24) is 10.1 Å². The summed E-state index contributed by atoms with van der Waals surface area (Å²) < 4.78 is 4.85. The topological polar surface area (TPSA) is 76.2 Å². The molecule has 0 atom stereocenters. The molecule has 0 fully saturated rings. The van der Waals surface area contributed by atoms with Gasteiger partial charge in [0, 0.05) is 5.69 Å². The number of pyridine rings is 1. The van der Waals surface area contributed by atoms with E-state index in [2.05, 4.69) is 10.1 Å². The fourth-order valence-corrected chi connectivity index (χ4v) is 1.57. The average molecular weight is 241 g/mol. The summed E-state index contributed by atoms with van der Waals surface area (Å²) in [6, 6.07) is 1.66. The van der Waals surface area contributed by atoms with Crippen LogP contribution in [0.2, 0.25) is 5.02 Å². The van der Waals surface area contributed by atoms with Crippen LogP contribution < -0.4 is 0 Å². The summed E-state index contributed by atoms with van der Waals surface area (Å²) in [5, 5.41) is 12.6. The number of nitrogens with zero attached hydrogens (tertiary/aromatic N) is 2. The monoisotopic (exact) mass is 240 g/mol. The molecule has 0 spiro atoms. The summed E-state index contributed by atoms with van der Waals surface area (Å²) in [5.74, 6) is -1.03. The van der Waals surface area contributed by atoms with Crippen LogP contribution in [0.3, 0.4) is 0 Å². The minimum Gasteiger partial charge on any atom is -0.476 e. The number of hydrogen-bond acceptors (Lipinski definition) is 4. The molecular weight excluding hydrogens is 232 g/mol. The van der Waals surface area contributed by atoms with Gasteiger partial charge in [-0.1, -0.05) is 30.6 Å². The van der Waals surface area contributed by atoms with Crippen molar-refractivity contribution < 1.29 is 14.4 Å². The predicted octanol–water partition coefficient (Wildman–Crippen LogP) is 2.70. The van der Waals surface area contributed by atoms with Gasteiger partial charge >= 0.3 is 5.97 Å². The number of rotatable bonds is 2. The lowest BCUT2D eigenvalue weighted by Gasteiger charge is -2.04. The molecule has 2 rings (SSSR count). The number of aromatic nitrogens is 2. The van der Waals surface area contributed by atoms with Crippen LogP contribution in [0.1, 0.15) is 35.9 Å². The van der Waals surface area contributed by atoms with E-state index in [4.69, 9.17) is 21.2 Å². The molecule has 16 heavy (non-hydrogen) atoms. The standard InChI is InChI=1S/C10H9ClN2O3/c1-4(2)6-3-5(11)9-7(12-6)8(10(14)15)13-16-9/h3-4H,1-2H3,(H,14,15). The Balaban J connectivity index is 2.76. The molecule has 0 amide bonds. The van der Waals surface area contributed by atoms with Gasteiger partial charge in [-0.3, -0.25) is 0 Å². The van der Waals surface area contributed by atoms with Crippen molar-refractivity contribution in [2.45, 2.75) is 19.8 Å². The number of carbonyl (C=O) groups is 1. The number of hydrogen-bond donors (Lipinski definition) is 1. The highest BCUT2D eigenvalue weighted by atomic mass is 35.5. The Hall–Kier alpha value is -1.62. The Kier molecular flexibility index (Phi) is 2.55. The van der Waals surface area contributed by atoms with E-state index in [0.29, 0.717) is 10.7 Å². The third-order valence-electron chi connectivity index (χ3n) is 2.19. The molecule has 0 aliphatic heterocycles. The third-order valence-corrected chi connectivity index (χ3v) is 2.47. The fourth-order valence-electron chi connectivity index (χ4n) is 1.34. The lowest BCUT2D eigenvalue weighted by atomic mass is 10.1. The van der Waals surface area contributed by atoms with E-state index in [1.807, 2.05) is 13.8 Å². The predicted molar refractivity (Wildman–Crippen MR) is 57.9 cm³/mol. The van der Waals surface area contributed by atoms with Gasteiger partial charge in [-0.25, -0.2) is 9.78 Å². The molecule has 1 N–H and O–H groups in total. The first kappa shape index (κ1) is 10.9. The van der Waals surface area contributed by atoms with E-state index >= 15 is 0 Å². The van der Waals surface area contributed by atoms with Gasteiger partial charge in [-0.2, -0.15) is 0 Å². The minimum absolute atomic E-state index is 0.151. The summed E-state index contributed by atoms with van der Waals surface area (Å²) in [5.41, 5.74) is 0.912. The van der Waals surface area contributed by atoms with Gasteiger partial charge < -0.3 is 9.63 Å². The molecule has 2 heterocycles. The highest BCUT2D eigenvalue weighted by molar-refractivity contribution is 6.35. The van der Waals surface area contributed by atoms with Crippen molar-refractivity contribution in [3.63, 3.8) is 0 Å². The van der Waals surface area contributed by atoms with Crippen LogP contribution in [0.25, 0.3) is 11.1 Å². The molecule has 0 saturated carbocycles. The Morgan fingerprint density at radius 2 is 2.25 bits per heavy atom. The Morgan fingerprint density at radius 3 is 2.81 bits per heavy atom. The van der Waals surface area contributed by atoms with E-state index < -0.39 is 5.97 Å². The quantitative estimate of drug-likeness (QED) is 0.873. The fraction of sp³-hybridized carbons (Fsp3) is 0.300. The van der Waals surface area contributed by atoms with Crippen LogP contribution in [-0.2, 0) is 0 Å². The van der Waals surface area contributed by atoms with E-state index in [-0.39, 0.29) is 22.7 Å². The first-order valence-electron chi connectivity index (χ1n) is 4.69. The van der Waals surface area contributed by atoms with Crippen molar-refractivity contribution in [2.75, 3.05) is 0 Å². The normalized spacial score (nSPS) is 11.2. The minimum atomic E-state index is -1.18. The third kappa shape index (κ3) is 1.63. The first-order valence-corrected chi connectivity index (χ1v) is 5.07. The molecule has 5 nitrogen and oxygen atoms in total. The Labute approximate surface area is 96.0 Å². The maximum atomic E-state index is 10.9. The summed E-state index contributed by atoms with van der Waals surface area (Å²) in [6.45, 7) is 3.89. The summed E-state index contributed by atoms with van der Waals surface area (Å²) in [7, 11) is 0. The Morgan fingerprint density at radius 1 is 1.56 bits per heavy atom. The zero-order valence-electron chi connectivity index (χ0n) is 8.69. The van der Waals surface area contributed by atoms with Gasteiger partial charge in [0.05, 0.1) is 5.02 Å². The second-order valence-electron chi connectivity index (χ2n) is 3.70. The Bertz CT molecular complexity index is 562. The van der Waals surface area contributed by atoms with Crippen LogP contribution in [0.4, 0.5) is 0 Å². The van der Waals surface area contributed by atoms with E-state index in [9.17, 15) is 4.79 Å². The van der Waals surface area contributed by atoms with Crippen molar-refractivity contribution in [2.24, 2.45) is 0 Å². The van der Waals surface area contributed by atoms with Gasteiger partial charge in [0.1, 0.15) is 5.52 Å². The molecule has 0 unspecified atom stereocenters. The largest absolute Gasteiger partial charge is 0.476 e. The molecule has 2 aromatic heterocycles. The number of carboxylic acids is 1. The lowest BCUT2D eigenvalue weighted by Crippen LogP contribution is -1.99. The molecular formula is C10H9ClN2O3. The van der Waals surface area contributed by atoms with Crippen LogP contribution in [0.15, 0.2) is 10.6 Å². The zero-order valence-corrected chi connectivity index (χ0v) is 9.45. The molecule has 2 aromatic rings. The summed E-state index contributed by atoms with van der Waals surface area (Å²) >= 11 is 5.96. The van der Waals surface area contributed by atoms with Gasteiger partial charge in [-0.15, -0.1) is 0 Å². The molecule has 0 saturated heterocycles. The molecule has 0 aromatic carbocycles. The highest BCUT2D eigenvalue weighted by Crippen LogP contribution is 2.27. The summed E-state index contributed by atoms with van der Waals surface area (Å²) in [4.78, 5) is 15.1. The maximum Gasteiger partial charge on any atom is 0.360 e. The summed E-state index contributed by atoms with van der Waals surface area (Å²) in [6.07, 6.45) is 0. The zero-order chi connectivity index (χ0) is 11.9. The average Bonchev–Trinajstić information content (AvgIpc) is 2.61. The van der Waals surface area contributed by atoms with E-state index in [1.54, 1.807) is 6.07 Å². The first-order chi connectivity index (χ1) is 7.50. The lowest BCUT2D eigenvalue weighted by molar-refractivity contribution is 0.0687. The molecule has 0 aliphatic rings.